The highest BCUT2D eigenvalue weighted by Crippen LogP contribution is 2.43. The maximum absolute atomic E-state index is 14.7. The van der Waals surface area contributed by atoms with Gasteiger partial charge in [0.25, 0.3) is 5.91 Å². The lowest BCUT2D eigenvalue weighted by Gasteiger charge is -2.48. The van der Waals surface area contributed by atoms with Crippen molar-refractivity contribution >= 4 is 5.91 Å². The third-order valence-corrected chi connectivity index (χ3v) is 6.86. The number of likely N-dealkylation sites (tertiary alicyclic amines) is 1. The number of alkyl halides is 2. The summed E-state index contributed by atoms with van der Waals surface area (Å²) >= 11 is 0. The van der Waals surface area contributed by atoms with Crippen LogP contribution in [0.3, 0.4) is 0 Å². The smallest absolute Gasteiger partial charge is 0.260 e. The van der Waals surface area contributed by atoms with Crippen molar-refractivity contribution in [3.8, 4) is 11.5 Å². The highest BCUT2D eigenvalue weighted by atomic mass is 19.1. The van der Waals surface area contributed by atoms with Crippen LogP contribution in [0, 0.1) is 5.92 Å². The van der Waals surface area contributed by atoms with Crippen LogP contribution in [0.15, 0.2) is 42.5 Å². The number of hydrogen-bond donors (Lipinski definition) is 1. The van der Waals surface area contributed by atoms with Gasteiger partial charge in [-0.2, -0.15) is 0 Å². The van der Waals surface area contributed by atoms with Gasteiger partial charge in [0.1, 0.15) is 18.1 Å². The molecule has 0 aliphatic carbocycles. The lowest BCUT2D eigenvalue weighted by atomic mass is 9.76. The summed E-state index contributed by atoms with van der Waals surface area (Å²) in [5.74, 6) is 0.469. The quantitative estimate of drug-likeness (QED) is 0.680. The van der Waals surface area contributed by atoms with Crippen molar-refractivity contribution in [1.29, 1.82) is 0 Å². The van der Waals surface area contributed by atoms with E-state index in [0.717, 1.165) is 36.3 Å². The van der Waals surface area contributed by atoms with Gasteiger partial charge in [-0.25, -0.2) is 4.39 Å². The van der Waals surface area contributed by atoms with Crippen LogP contribution < -0.4 is 4.74 Å². The normalized spacial score (nSPS) is 21.4. The minimum Gasteiger partial charge on any atom is -0.508 e. The number of nitrogens with zero attached hydrogens (tertiary/aromatic N) is 2. The van der Waals surface area contributed by atoms with Gasteiger partial charge in [-0.15, -0.1) is 0 Å². The van der Waals surface area contributed by atoms with Crippen LogP contribution in [0.5, 0.6) is 11.5 Å². The Labute approximate surface area is 194 Å². The molecule has 0 radical (unpaired) electrons. The zero-order chi connectivity index (χ0) is 23.8. The third kappa shape index (κ3) is 4.56. The van der Waals surface area contributed by atoms with E-state index < -0.39 is 17.1 Å². The van der Waals surface area contributed by atoms with Gasteiger partial charge < -0.3 is 14.7 Å². The number of carbonyl (C=O) groups excluding carboxylic acids is 1. The van der Waals surface area contributed by atoms with Crippen molar-refractivity contribution in [1.82, 2.24) is 9.80 Å². The molecule has 0 saturated carbocycles. The highest BCUT2D eigenvalue weighted by Gasteiger charge is 2.46. The molecule has 1 amide bonds. The summed E-state index contributed by atoms with van der Waals surface area (Å²) in [5.41, 5.74) is -0.235. The molecular weight excluding hydrogens is 426 g/mol. The number of phenolic OH excluding ortho intramolecular Hbond substituents is 1. The van der Waals surface area contributed by atoms with Gasteiger partial charge in [0, 0.05) is 32.1 Å². The molecule has 7 heteroatoms. The van der Waals surface area contributed by atoms with Gasteiger partial charge in [-0.1, -0.05) is 18.2 Å². The molecule has 2 heterocycles. The van der Waals surface area contributed by atoms with Gasteiger partial charge in [0.2, 0.25) is 0 Å². The van der Waals surface area contributed by atoms with Crippen molar-refractivity contribution < 1.29 is 23.4 Å². The molecular formula is C26H32F2N2O3. The molecule has 0 aromatic heterocycles. The first-order chi connectivity index (χ1) is 15.6. The first-order valence-electron chi connectivity index (χ1n) is 11.5. The number of phenols is 1. The predicted molar refractivity (Wildman–Crippen MR) is 123 cm³/mol. The predicted octanol–water partition coefficient (Wildman–Crippen LogP) is 4.07. The lowest BCUT2D eigenvalue weighted by Crippen LogP contribution is -2.56. The van der Waals surface area contributed by atoms with E-state index in [0.29, 0.717) is 25.3 Å². The second-order valence-corrected chi connectivity index (χ2v) is 9.75. The van der Waals surface area contributed by atoms with E-state index in [1.165, 1.54) is 13.8 Å². The fourth-order valence-electron chi connectivity index (χ4n) is 4.93. The van der Waals surface area contributed by atoms with Crippen LogP contribution >= 0.6 is 0 Å². The summed E-state index contributed by atoms with van der Waals surface area (Å²) in [5, 5.41) is 9.96. The Morgan fingerprint density at radius 3 is 2.55 bits per heavy atom. The van der Waals surface area contributed by atoms with E-state index in [2.05, 4.69) is 4.90 Å². The van der Waals surface area contributed by atoms with Gasteiger partial charge in [-0.05, 0) is 68.1 Å². The molecule has 2 aliphatic heterocycles. The highest BCUT2D eigenvalue weighted by molar-refractivity contribution is 5.86. The Morgan fingerprint density at radius 2 is 1.91 bits per heavy atom. The monoisotopic (exact) mass is 458 g/mol. The van der Waals surface area contributed by atoms with Crippen LogP contribution in [0.1, 0.15) is 37.5 Å². The minimum absolute atomic E-state index is 0.158. The van der Waals surface area contributed by atoms with E-state index in [1.807, 2.05) is 37.3 Å². The van der Waals surface area contributed by atoms with E-state index in [4.69, 9.17) is 4.74 Å². The summed E-state index contributed by atoms with van der Waals surface area (Å²) in [4.78, 5) is 16.9. The molecule has 0 unspecified atom stereocenters. The number of halogens is 2. The molecule has 1 atom stereocenters. The molecule has 1 N–H and O–H groups in total. The molecule has 4 rings (SSSR count). The number of fused-ring (bicyclic) bond motifs is 1. The molecule has 5 nitrogen and oxygen atoms in total. The fourth-order valence-corrected chi connectivity index (χ4v) is 4.93. The topological polar surface area (TPSA) is 53.0 Å². The minimum atomic E-state index is -2.00. The Kier molecular flexibility index (Phi) is 6.36. The number of ether oxygens (including phenoxy) is 1. The van der Waals surface area contributed by atoms with Crippen LogP contribution in [0.4, 0.5) is 8.78 Å². The average Bonchev–Trinajstić information content (AvgIpc) is 2.74. The largest absolute Gasteiger partial charge is 0.508 e. The summed E-state index contributed by atoms with van der Waals surface area (Å²) in [6.07, 6.45) is 0.544. The van der Waals surface area contributed by atoms with E-state index in [9.17, 15) is 18.7 Å². The van der Waals surface area contributed by atoms with Crippen molar-refractivity contribution in [2.45, 2.75) is 38.4 Å². The number of rotatable bonds is 7. The SMILES string of the molecule is CC(C)(F)C(=O)N1CCc2cc(O)ccc2[C@]1(C)c1ccc(OCCN2CC(CF)C2)cc1. The second-order valence-electron chi connectivity index (χ2n) is 9.75. The van der Waals surface area contributed by atoms with Crippen LogP contribution in [-0.4, -0.2) is 65.9 Å². The number of aromatic hydroxyl groups is 1. The Hall–Kier alpha value is -2.67. The molecule has 33 heavy (non-hydrogen) atoms. The summed E-state index contributed by atoms with van der Waals surface area (Å²) < 4.78 is 33.2. The Balaban J connectivity index is 1.56. The Morgan fingerprint density at radius 1 is 1.21 bits per heavy atom. The first-order valence-corrected chi connectivity index (χ1v) is 11.5. The number of hydrogen-bond acceptors (Lipinski definition) is 4. The van der Waals surface area contributed by atoms with Crippen molar-refractivity contribution in [2.24, 2.45) is 5.92 Å². The summed E-state index contributed by atoms with van der Waals surface area (Å²) in [6.45, 7) is 7.40. The second kappa shape index (κ2) is 8.93. The lowest BCUT2D eigenvalue weighted by molar-refractivity contribution is -0.147. The first kappa shape index (κ1) is 23.5. The Bertz CT molecular complexity index is 1000. The molecule has 1 saturated heterocycles. The molecule has 178 valence electrons. The molecule has 2 aliphatic rings. The van der Waals surface area contributed by atoms with Gasteiger partial charge in [0.05, 0.1) is 12.2 Å². The standard InChI is InChI=1S/C26H32F2N2O3/c1-25(2,28)24(32)30-11-10-19-14-21(31)6-9-23(19)26(30,3)20-4-7-22(8-5-20)33-13-12-29-16-18(15-27)17-29/h4-9,14,18,31H,10-13,15-17H2,1-3H3/t26-/m0/s1. The third-order valence-electron chi connectivity index (χ3n) is 6.86. The maximum Gasteiger partial charge on any atom is 0.260 e. The van der Waals surface area contributed by atoms with Gasteiger partial charge >= 0.3 is 0 Å². The zero-order valence-corrected chi connectivity index (χ0v) is 19.5. The van der Waals surface area contributed by atoms with Crippen molar-refractivity contribution in [3.05, 3.63) is 59.2 Å². The fraction of sp³-hybridized carbons (Fsp3) is 0.500. The van der Waals surface area contributed by atoms with E-state index >= 15 is 0 Å². The van der Waals surface area contributed by atoms with Crippen LogP contribution in [-0.2, 0) is 16.8 Å². The zero-order valence-electron chi connectivity index (χ0n) is 19.5. The summed E-state index contributed by atoms with van der Waals surface area (Å²) in [7, 11) is 0. The van der Waals surface area contributed by atoms with Crippen LogP contribution in [0.2, 0.25) is 0 Å². The molecule has 1 fully saturated rings. The van der Waals surface area contributed by atoms with E-state index in [1.54, 1.807) is 17.0 Å². The van der Waals surface area contributed by atoms with Gasteiger partial charge in [-0.3, -0.25) is 14.1 Å². The number of amides is 1. The average molecular weight is 459 g/mol. The van der Waals surface area contributed by atoms with Crippen molar-refractivity contribution in [3.63, 3.8) is 0 Å². The molecule has 2 aromatic rings. The number of carbonyl (C=O) groups is 1. The van der Waals surface area contributed by atoms with Gasteiger partial charge in [0.15, 0.2) is 5.67 Å². The summed E-state index contributed by atoms with van der Waals surface area (Å²) in [6, 6.07) is 12.7. The van der Waals surface area contributed by atoms with Crippen LogP contribution in [0.25, 0.3) is 0 Å². The van der Waals surface area contributed by atoms with E-state index in [-0.39, 0.29) is 18.3 Å². The van der Waals surface area contributed by atoms with Crippen molar-refractivity contribution in [2.75, 3.05) is 39.5 Å². The number of benzene rings is 2. The maximum atomic E-state index is 14.7. The molecule has 2 aromatic carbocycles. The molecule has 0 bridgehead atoms. The molecule has 0 spiro atoms.